The van der Waals surface area contributed by atoms with Crippen molar-refractivity contribution in [3.63, 3.8) is 0 Å². The fourth-order valence-corrected chi connectivity index (χ4v) is 2.95. The number of hydrogen-bond donors (Lipinski definition) is 1. The molecule has 1 N–H and O–H groups in total. The maximum Gasteiger partial charge on any atom is 0.325 e. The molecule has 1 aliphatic rings. The number of carbonyl (C=O) groups excluding carboxylic acids is 1. The van der Waals surface area contributed by atoms with Crippen LogP contribution in [-0.4, -0.2) is 48.7 Å². The normalized spacial score (nSPS) is 24.2. The predicted molar refractivity (Wildman–Crippen MR) is 78.2 cm³/mol. The summed E-state index contributed by atoms with van der Waals surface area (Å²) < 4.78 is 4.96. The van der Waals surface area contributed by atoms with Gasteiger partial charge in [-0.2, -0.15) is 0 Å². The lowest BCUT2D eigenvalue weighted by Crippen LogP contribution is -2.55. The van der Waals surface area contributed by atoms with Crippen molar-refractivity contribution in [1.29, 1.82) is 0 Å². The Kier molecular flexibility index (Phi) is 6.27. The molecule has 0 radical (unpaired) electrons. The van der Waals surface area contributed by atoms with E-state index in [1.165, 1.54) is 26.4 Å². The van der Waals surface area contributed by atoms with Crippen LogP contribution >= 0.6 is 0 Å². The highest BCUT2D eigenvalue weighted by atomic mass is 16.5. The number of ether oxygens (including phenoxy) is 1. The summed E-state index contributed by atoms with van der Waals surface area (Å²) in [6, 6.07) is 0.901. The Bertz CT molecular complexity index is 294. The van der Waals surface area contributed by atoms with E-state index in [4.69, 9.17) is 4.74 Å². The number of rotatable bonds is 6. The monoisotopic (exact) mass is 270 g/mol. The highest BCUT2D eigenvalue weighted by Crippen LogP contribution is 2.20. The number of hydrogen-bond acceptors (Lipinski definition) is 4. The third-order valence-corrected chi connectivity index (χ3v) is 4.08. The quantitative estimate of drug-likeness (QED) is 0.751. The van der Waals surface area contributed by atoms with E-state index in [2.05, 4.69) is 31.0 Å². The number of piperidine rings is 1. The van der Waals surface area contributed by atoms with E-state index in [1.54, 1.807) is 0 Å². The first kappa shape index (κ1) is 16.4. The third kappa shape index (κ3) is 4.77. The molecule has 0 saturated carbocycles. The number of carbonyl (C=O) groups is 1. The van der Waals surface area contributed by atoms with Gasteiger partial charge in [-0.3, -0.25) is 10.1 Å². The summed E-state index contributed by atoms with van der Waals surface area (Å²) in [4.78, 5) is 14.5. The molecule has 4 nitrogen and oxygen atoms in total. The number of likely N-dealkylation sites (tertiary alicyclic amines) is 1. The van der Waals surface area contributed by atoms with Crippen LogP contribution in [0.3, 0.4) is 0 Å². The van der Waals surface area contributed by atoms with Crippen molar-refractivity contribution in [3.8, 4) is 0 Å². The Labute approximate surface area is 117 Å². The summed E-state index contributed by atoms with van der Waals surface area (Å²) in [6.07, 6.45) is 4.67. The van der Waals surface area contributed by atoms with Crippen molar-refractivity contribution < 1.29 is 9.53 Å². The summed E-state index contributed by atoms with van der Waals surface area (Å²) in [5.41, 5.74) is -0.583. The van der Waals surface area contributed by atoms with Crippen LogP contribution in [0.1, 0.15) is 53.4 Å². The van der Waals surface area contributed by atoms with Crippen LogP contribution in [0.15, 0.2) is 0 Å². The molecule has 2 unspecified atom stereocenters. The maximum absolute atomic E-state index is 12.0. The van der Waals surface area contributed by atoms with Crippen LogP contribution in [0.5, 0.6) is 0 Å². The van der Waals surface area contributed by atoms with Gasteiger partial charge in [0.15, 0.2) is 0 Å². The van der Waals surface area contributed by atoms with E-state index >= 15 is 0 Å². The first-order valence-electron chi connectivity index (χ1n) is 7.49. The second-order valence-corrected chi connectivity index (χ2v) is 6.25. The van der Waals surface area contributed by atoms with Crippen LogP contribution in [0.4, 0.5) is 0 Å². The molecule has 0 amide bonds. The molecule has 112 valence electrons. The fourth-order valence-electron chi connectivity index (χ4n) is 2.95. The smallest absolute Gasteiger partial charge is 0.325 e. The van der Waals surface area contributed by atoms with E-state index in [0.717, 1.165) is 19.5 Å². The van der Waals surface area contributed by atoms with Gasteiger partial charge in [-0.15, -0.1) is 0 Å². The first-order valence-corrected chi connectivity index (χ1v) is 7.49. The molecule has 1 rings (SSSR count). The van der Waals surface area contributed by atoms with Crippen LogP contribution in [0.25, 0.3) is 0 Å². The van der Waals surface area contributed by atoms with Crippen LogP contribution in [0.2, 0.25) is 0 Å². The third-order valence-electron chi connectivity index (χ3n) is 4.08. The minimum absolute atomic E-state index is 0.161. The van der Waals surface area contributed by atoms with Crippen molar-refractivity contribution in [2.75, 3.05) is 20.2 Å². The van der Waals surface area contributed by atoms with Crippen molar-refractivity contribution in [3.05, 3.63) is 0 Å². The van der Waals surface area contributed by atoms with Crippen LogP contribution in [-0.2, 0) is 9.53 Å². The minimum Gasteiger partial charge on any atom is -0.468 e. The average molecular weight is 270 g/mol. The van der Waals surface area contributed by atoms with Crippen LogP contribution in [0, 0.1) is 0 Å². The molecule has 0 aliphatic carbocycles. The zero-order valence-corrected chi connectivity index (χ0v) is 13.2. The standard InChI is InChI=1S/C15H30N2O2/c1-12(2)16-15(4,14(18)19-5)9-11-17-10-7-6-8-13(17)3/h12-13,16H,6-11H2,1-5H3. The van der Waals surface area contributed by atoms with E-state index in [0.29, 0.717) is 6.04 Å². The van der Waals surface area contributed by atoms with Gasteiger partial charge in [-0.25, -0.2) is 0 Å². The lowest BCUT2D eigenvalue weighted by Gasteiger charge is -2.37. The topological polar surface area (TPSA) is 41.6 Å². The number of esters is 1. The molecule has 0 aromatic carbocycles. The van der Waals surface area contributed by atoms with E-state index in [9.17, 15) is 4.79 Å². The second-order valence-electron chi connectivity index (χ2n) is 6.25. The molecule has 2 atom stereocenters. The van der Waals surface area contributed by atoms with E-state index in [-0.39, 0.29) is 12.0 Å². The number of nitrogens with zero attached hydrogens (tertiary/aromatic N) is 1. The summed E-state index contributed by atoms with van der Waals surface area (Å²) in [7, 11) is 1.46. The van der Waals surface area contributed by atoms with Gasteiger partial charge in [0.25, 0.3) is 0 Å². The molecular formula is C15H30N2O2. The molecule has 4 heteroatoms. The van der Waals surface area contributed by atoms with Crippen molar-refractivity contribution in [2.24, 2.45) is 0 Å². The highest BCUT2D eigenvalue weighted by molar-refractivity contribution is 5.80. The Morgan fingerprint density at radius 2 is 2.16 bits per heavy atom. The fraction of sp³-hybridized carbons (Fsp3) is 0.933. The van der Waals surface area contributed by atoms with Crippen molar-refractivity contribution >= 4 is 5.97 Å². The zero-order valence-electron chi connectivity index (χ0n) is 13.2. The minimum atomic E-state index is -0.583. The lowest BCUT2D eigenvalue weighted by molar-refractivity contribution is -0.148. The number of nitrogens with one attached hydrogen (secondary N) is 1. The zero-order chi connectivity index (χ0) is 14.5. The summed E-state index contributed by atoms with van der Waals surface area (Å²) >= 11 is 0. The molecule has 0 aromatic rings. The molecule has 19 heavy (non-hydrogen) atoms. The Morgan fingerprint density at radius 1 is 1.47 bits per heavy atom. The highest BCUT2D eigenvalue weighted by Gasteiger charge is 2.35. The van der Waals surface area contributed by atoms with Gasteiger partial charge in [0, 0.05) is 18.6 Å². The predicted octanol–water partition coefficient (Wildman–Crippen LogP) is 2.18. The lowest BCUT2D eigenvalue weighted by atomic mass is 9.94. The largest absolute Gasteiger partial charge is 0.468 e. The summed E-state index contributed by atoms with van der Waals surface area (Å²) in [5, 5.41) is 3.36. The van der Waals surface area contributed by atoms with Crippen molar-refractivity contribution in [2.45, 2.75) is 71.0 Å². The van der Waals surface area contributed by atoms with Crippen LogP contribution < -0.4 is 5.32 Å². The van der Waals surface area contributed by atoms with Gasteiger partial charge in [-0.1, -0.05) is 6.42 Å². The summed E-state index contributed by atoms with van der Waals surface area (Å²) in [6.45, 7) is 10.5. The molecular weight excluding hydrogens is 240 g/mol. The molecule has 1 fully saturated rings. The van der Waals surface area contributed by atoms with Gasteiger partial charge >= 0.3 is 5.97 Å². The number of methoxy groups -OCH3 is 1. The second kappa shape index (κ2) is 7.25. The molecule has 1 heterocycles. The molecule has 0 bridgehead atoms. The Balaban J connectivity index is 2.59. The average Bonchev–Trinajstić information content (AvgIpc) is 2.36. The van der Waals surface area contributed by atoms with Gasteiger partial charge in [-0.05, 0) is 53.5 Å². The molecule has 0 spiro atoms. The SMILES string of the molecule is COC(=O)C(C)(CCN1CCCCC1C)NC(C)C. The van der Waals surface area contributed by atoms with E-state index in [1.807, 2.05) is 6.92 Å². The summed E-state index contributed by atoms with van der Waals surface area (Å²) in [5.74, 6) is -0.161. The van der Waals surface area contributed by atoms with E-state index < -0.39 is 5.54 Å². The molecule has 1 saturated heterocycles. The molecule has 1 aliphatic heterocycles. The van der Waals surface area contributed by atoms with Gasteiger partial charge in [0.2, 0.25) is 0 Å². The van der Waals surface area contributed by atoms with Gasteiger partial charge in [0.1, 0.15) is 5.54 Å². The van der Waals surface area contributed by atoms with Gasteiger partial charge in [0.05, 0.1) is 7.11 Å². The van der Waals surface area contributed by atoms with Crippen molar-refractivity contribution in [1.82, 2.24) is 10.2 Å². The van der Waals surface area contributed by atoms with Gasteiger partial charge < -0.3 is 9.64 Å². The molecule has 0 aromatic heterocycles. The first-order chi connectivity index (χ1) is 8.89. The Hall–Kier alpha value is -0.610. The Morgan fingerprint density at radius 3 is 2.68 bits per heavy atom. The maximum atomic E-state index is 12.0.